The Bertz CT molecular complexity index is 741. The molecule has 3 aliphatic rings. The van der Waals surface area contributed by atoms with E-state index in [-0.39, 0.29) is 35.9 Å². The van der Waals surface area contributed by atoms with Gasteiger partial charge in [0, 0.05) is 45.2 Å². The molecule has 0 spiro atoms. The molecule has 4 rings (SSSR count). The lowest BCUT2D eigenvalue weighted by Gasteiger charge is -2.26. The highest BCUT2D eigenvalue weighted by Gasteiger charge is 2.32. The first-order chi connectivity index (χ1) is 15.2. The highest BCUT2D eigenvalue weighted by Crippen LogP contribution is 2.27. The van der Waals surface area contributed by atoms with Crippen LogP contribution in [0.3, 0.4) is 0 Å². The van der Waals surface area contributed by atoms with Gasteiger partial charge < -0.3 is 15.5 Å². The summed E-state index contributed by atoms with van der Waals surface area (Å²) in [5.41, 5.74) is 2.65. The third-order valence-electron chi connectivity index (χ3n) is 7.11. The zero-order valence-electron chi connectivity index (χ0n) is 19.5. The molecule has 2 saturated heterocycles. The molecule has 2 aliphatic heterocycles. The van der Waals surface area contributed by atoms with Crippen molar-refractivity contribution in [2.45, 2.75) is 70.5 Å². The number of benzene rings is 1. The van der Waals surface area contributed by atoms with Crippen LogP contribution >= 0.6 is 24.0 Å². The maximum absolute atomic E-state index is 12.7. The standard InChI is InChI=1S/C25H39N5O.HI/c1-26-25(28-23-13-16-30(19-23)24(31)22-7-3-4-8-22)27-17-20-9-11-21(12-10-20)18-29-14-5-2-6-15-29;/h9-12,22-23H,2-8,13-19H2,1H3,(H2,26,27,28);1H. The van der Waals surface area contributed by atoms with E-state index < -0.39 is 0 Å². The average Bonchev–Trinajstić information content (AvgIpc) is 3.50. The zero-order valence-corrected chi connectivity index (χ0v) is 21.9. The van der Waals surface area contributed by atoms with Crippen LogP contribution < -0.4 is 10.6 Å². The van der Waals surface area contributed by atoms with Gasteiger partial charge in [0.1, 0.15) is 0 Å². The summed E-state index contributed by atoms with van der Waals surface area (Å²) in [7, 11) is 1.81. The van der Waals surface area contributed by atoms with Crippen molar-refractivity contribution < 1.29 is 4.79 Å². The van der Waals surface area contributed by atoms with Crippen molar-refractivity contribution in [3.63, 3.8) is 0 Å². The van der Waals surface area contributed by atoms with E-state index in [1.54, 1.807) is 0 Å². The number of aliphatic imine (C=N–C) groups is 1. The Hall–Kier alpha value is -1.35. The molecule has 0 aromatic heterocycles. The van der Waals surface area contributed by atoms with Crippen molar-refractivity contribution in [3.05, 3.63) is 35.4 Å². The van der Waals surface area contributed by atoms with Gasteiger partial charge in [-0.1, -0.05) is 43.5 Å². The molecule has 1 amide bonds. The number of piperidine rings is 1. The maximum atomic E-state index is 12.7. The van der Waals surface area contributed by atoms with Gasteiger partial charge in [-0.2, -0.15) is 0 Å². The van der Waals surface area contributed by atoms with Crippen molar-refractivity contribution in [2.24, 2.45) is 10.9 Å². The number of carbonyl (C=O) groups excluding carboxylic acids is 1. The SMILES string of the molecule is CN=C(NCc1ccc(CN2CCCCC2)cc1)NC1CCN(C(=O)C2CCCC2)C1.I. The Balaban J connectivity index is 0.00000289. The van der Waals surface area contributed by atoms with Gasteiger partial charge in [0.15, 0.2) is 5.96 Å². The Morgan fingerprint density at radius 2 is 1.66 bits per heavy atom. The van der Waals surface area contributed by atoms with E-state index >= 15 is 0 Å². The van der Waals surface area contributed by atoms with E-state index in [4.69, 9.17) is 0 Å². The molecule has 178 valence electrons. The van der Waals surface area contributed by atoms with Crippen LogP contribution in [0, 0.1) is 5.92 Å². The summed E-state index contributed by atoms with van der Waals surface area (Å²) in [6, 6.07) is 9.23. The number of hydrogen-bond acceptors (Lipinski definition) is 3. The molecular formula is C25H40IN5O. The minimum Gasteiger partial charge on any atom is -0.352 e. The normalized spacial score (nSPS) is 22.6. The van der Waals surface area contributed by atoms with Crippen molar-refractivity contribution in [2.75, 3.05) is 33.2 Å². The zero-order chi connectivity index (χ0) is 21.5. The summed E-state index contributed by atoms with van der Waals surface area (Å²) in [6.07, 6.45) is 9.62. The molecule has 6 nitrogen and oxygen atoms in total. The minimum atomic E-state index is 0. The molecule has 2 heterocycles. The molecule has 3 fully saturated rings. The van der Waals surface area contributed by atoms with Gasteiger partial charge in [0.2, 0.25) is 5.91 Å². The third kappa shape index (κ3) is 7.07. The van der Waals surface area contributed by atoms with Crippen molar-refractivity contribution >= 4 is 35.8 Å². The largest absolute Gasteiger partial charge is 0.352 e. The summed E-state index contributed by atoms with van der Waals surface area (Å²) in [6.45, 7) is 5.94. The lowest BCUT2D eigenvalue weighted by atomic mass is 10.1. The summed E-state index contributed by atoms with van der Waals surface area (Å²) in [4.78, 5) is 21.7. The second-order valence-electron chi connectivity index (χ2n) is 9.47. The second-order valence-corrected chi connectivity index (χ2v) is 9.47. The Labute approximate surface area is 210 Å². The number of nitrogens with zero attached hydrogens (tertiary/aromatic N) is 3. The minimum absolute atomic E-state index is 0. The van der Waals surface area contributed by atoms with E-state index in [1.807, 2.05) is 7.05 Å². The number of hydrogen-bond donors (Lipinski definition) is 2. The summed E-state index contributed by atoms with van der Waals surface area (Å²) in [5, 5.41) is 6.95. The van der Waals surface area contributed by atoms with Gasteiger partial charge in [-0.3, -0.25) is 14.7 Å². The molecule has 7 heteroatoms. The van der Waals surface area contributed by atoms with Crippen LogP contribution in [0.4, 0.5) is 0 Å². The molecule has 1 aromatic carbocycles. The lowest BCUT2D eigenvalue weighted by Crippen LogP contribution is -2.45. The van der Waals surface area contributed by atoms with Crippen LogP contribution in [0.2, 0.25) is 0 Å². The fraction of sp³-hybridized carbons (Fsp3) is 0.680. The monoisotopic (exact) mass is 553 g/mol. The number of likely N-dealkylation sites (tertiary alicyclic amines) is 2. The lowest BCUT2D eigenvalue weighted by molar-refractivity contribution is -0.134. The fourth-order valence-corrected chi connectivity index (χ4v) is 5.22. The molecule has 0 bridgehead atoms. The van der Waals surface area contributed by atoms with Crippen molar-refractivity contribution in [3.8, 4) is 0 Å². The Morgan fingerprint density at radius 3 is 2.34 bits per heavy atom. The molecule has 2 N–H and O–H groups in total. The quantitative estimate of drug-likeness (QED) is 0.320. The molecule has 32 heavy (non-hydrogen) atoms. The van der Waals surface area contributed by atoms with Crippen LogP contribution in [0.1, 0.15) is 62.5 Å². The topological polar surface area (TPSA) is 60.0 Å². The van der Waals surface area contributed by atoms with Crippen LogP contribution in [0.25, 0.3) is 0 Å². The predicted octanol–water partition coefficient (Wildman–Crippen LogP) is 3.75. The number of rotatable bonds is 6. The molecular weight excluding hydrogens is 513 g/mol. The van der Waals surface area contributed by atoms with Crippen LogP contribution in [-0.2, 0) is 17.9 Å². The number of amides is 1. The van der Waals surface area contributed by atoms with Crippen molar-refractivity contribution in [1.29, 1.82) is 0 Å². The van der Waals surface area contributed by atoms with E-state index in [2.05, 4.69) is 49.7 Å². The molecule has 1 aliphatic carbocycles. The highest BCUT2D eigenvalue weighted by atomic mass is 127. The van der Waals surface area contributed by atoms with E-state index in [0.717, 1.165) is 51.4 Å². The van der Waals surface area contributed by atoms with Gasteiger partial charge in [-0.05, 0) is 56.3 Å². The first kappa shape index (κ1) is 25.3. The first-order valence-corrected chi connectivity index (χ1v) is 12.3. The van der Waals surface area contributed by atoms with E-state index in [9.17, 15) is 4.79 Å². The molecule has 1 aromatic rings. The highest BCUT2D eigenvalue weighted by molar-refractivity contribution is 14.0. The van der Waals surface area contributed by atoms with Gasteiger partial charge in [-0.15, -0.1) is 24.0 Å². The maximum Gasteiger partial charge on any atom is 0.225 e. The first-order valence-electron chi connectivity index (χ1n) is 12.3. The number of carbonyl (C=O) groups is 1. The van der Waals surface area contributed by atoms with E-state index in [1.165, 1.54) is 56.3 Å². The van der Waals surface area contributed by atoms with Crippen LogP contribution in [0.5, 0.6) is 0 Å². The summed E-state index contributed by atoms with van der Waals surface area (Å²) < 4.78 is 0. The van der Waals surface area contributed by atoms with Crippen LogP contribution in [0.15, 0.2) is 29.3 Å². The second kappa shape index (κ2) is 12.8. The van der Waals surface area contributed by atoms with Gasteiger partial charge >= 0.3 is 0 Å². The smallest absolute Gasteiger partial charge is 0.225 e. The molecule has 1 atom stereocenters. The fourth-order valence-electron chi connectivity index (χ4n) is 5.22. The molecule has 0 radical (unpaired) electrons. The number of guanidine groups is 1. The van der Waals surface area contributed by atoms with Crippen molar-refractivity contribution in [1.82, 2.24) is 20.4 Å². The van der Waals surface area contributed by atoms with Crippen LogP contribution in [-0.4, -0.2) is 60.9 Å². The molecule has 1 unspecified atom stereocenters. The number of nitrogens with one attached hydrogen (secondary N) is 2. The summed E-state index contributed by atoms with van der Waals surface area (Å²) in [5.74, 6) is 1.46. The van der Waals surface area contributed by atoms with E-state index in [0.29, 0.717) is 5.91 Å². The third-order valence-corrected chi connectivity index (χ3v) is 7.11. The van der Waals surface area contributed by atoms with Gasteiger partial charge in [0.05, 0.1) is 0 Å². The Morgan fingerprint density at radius 1 is 0.969 bits per heavy atom. The number of halogens is 1. The van der Waals surface area contributed by atoms with Gasteiger partial charge in [-0.25, -0.2) is 0 Å². The summed E-state index contributed by atoms with van der Waals surface area (Å²) >= 11 is 0. The molecule has 1 saturated carbocycles. The predicted molar refractivity (Wildman–Crippen MR) is 141 cm³/mol. The average molecular weight is 554 g/mol. The Kier molecular flexibility index (Phi) is 10.1. The van der Waals surface area contributed by atoms with Gasteiger partial charge in [0.25, 0.3) is 0 Å².